The molecule has 4 atom stereocenters. The molecule has 57 heavy (non-hydrogen) atoms. The molecule has 2 saturated heterocycles. The summed E-state index contributed by atoms with van der Waals surface area (Å²) in [5.41, 5.74) is 3.73. The number of nitrogens with zero attached hydrogens (tertiary/aromatic N) is 4. The molecule has 2 aromatic heterocycles. The van der Waals surface area contributed by atoms with Crippen LogP contribution < -0.4 is 29.9 Å². The van der Waals surface area contributed by atoms with Crippen molar-refractivity contribution in [3.8, 4) is 11.5 Å². The summed E-state index contributed by atoms with van der Waals surface area (Å²) in [5, 5.41) is 16.7. The molecule has 0 spiro atoms. The molecule has 2 aliphatic heterocycles. The van der Waals surface area contributed by atoms with E-state index in [4.69, 9.17) is 23.7 Å². The third-order valence-corrected chi connectivity index (χ3v) is 12.9. The number of nitrogens with one attached hydrogen (secondary N) is 2. The molecule has 0 bridgehead atoms. The van der Waals surface area contributed by atoms with Crippen molar-refractivity contribution < 1.29 is 43.2 Å². The molecule has 2 aromatic carbocycles. The van der Waals surface area contributed by atoms with Crippen LogP contribution in [0.2, 0.25) is 0 Å². The monoisotopic (exact) mass is 824 g/mol. The number of anilines is 4. The van der Waals surface area contributed by atoms with E-state index in [0.29, 0.717) is 67.5 Å². The van der Waals surface area contributed by atoms with Crippen molar-refractivity contribution in [2.24, 2.45) is 11.8 Å². The number of ether oxygens (including phenoxy) is 5. The molecule has 0 radical (unpaired) electrons. The van der Waals surface area contributed by atoms with Crippen LogP contribution in [0.5, 0.6) is 11.5 Å². The number of aliphatic hydroxyl groups is 1. The highest BCUT2D eigenvalue weighted by molar-refractivity contribution is 7.23. The average Bonchev–Trinajstić information content (AvgIpc) is 4.02. The second-order valence-corrected chi connectivity index (χ2v) is 16.9. The van der Waals surface area contributed by atoms with Crippen molar-refractivity contribution in [3.05, 3.63) is 24.3 Å². The van der Waals surface area contributed by atoms with Crippen LogP contribution in [0.15, 0.2) is 24.3 Å². The van der Waals surface area contributed by atoms with Gasteiger partial charge in [-0.1, -0.05) is 22.7 Å². The standard InChI is InChI=1S/C21H27N3O5S.C19H25N3O4S/c1-13(25)29-15-4-3-14(11-15)12-18(26)22-21-23-19-17(27-2)6-5-16(20(19)30-21)24-7-9-28-10-8-24;1-25-15-5-4-14(22-6-8-26-9-7-22)18-17(15)21-19(27-18)20-16(24)11-12-2-3-13(23)10-12/h5-6,14-15H,3-4,7-12H2,1-2H3,(H,22,23,26);4-5,12-13,23H,2-3,6-11H2,1H3,(H,20,21,24)/t14-,15+;12-,13+/m00/s1. The van der Waals surface area contributed by atoms with Gasteiger partial charge >= 0.3 is 5.97 Å². The molecule has 4 heterocycles. The second kappa shape index (κ2) is 19.0. The highest BCUT2D eigenvalue weighted by atomic mass is 32.1. The van der Waals surface area contributed by atoms with Crippen molar-refractivity contribution in [2.75, 3.05) is 87.3 Å². The maximum atomic E-state index is 12.6. The predicted molar refractivity (Wildman–Crippen MR) is 221 cm³/mol. The lowest BCUT2D eigenvalue weighted by molar-refractivity contribution is -0.146. The number of esters is 1. The molecule has 4 aromatic rings. The van der Waals surface area contributed by atoms with E-state index in [0.717, 1.165) is 90.1 Å². The van der Waals surface area contributed by atoms with Gasteiger partial charge in [0.15, 0.2) is 10.3 Å². The zero-order valence-corrected chi connectivity index (χ0v) is 34.4. The molecule has 0 unspecified atom stereocenters. The second-order valence-electron chi connectivity index (χ2n) is 14.9. The number of rotatable bonds is 11. The molecule has 8 rings (SSSR count). The van der Waals surface area contributed by atoms with Crippen LogP contribution in [0.3, 0.4) is 0 Å². The van der Waals surface area contributed by atoms with Crippen molar-refractivity contribution in [3.63, 3.8) is 0 Å². The quantitative estimate of drug-likeness (QED) is 0.154. The lowest BCUT2D eigenvalue weighted by Gasteiger charge is -2.29. The molecule has 2 aliphatic carbocycles. The van der Waals surface area contributed by atoms with E-state index in [1.54, 1.807) is 14.2 Å². The summed E-state index contributed by atoms with van der Waals surface area (Å²) in [6, 6.07) is 7.95. The molecule has 2 saturated carbocycles. The van der Waals surface area contributed by atoms with E-state index in [9.17, 15) is 19.5 Å². The normalized spacial score (nSPS) is 22.2. The number of carbonyl (C=O) groups is 3. The van der Waals surface area contributed by atoms with Gasteiger partial charge in [0, 0.05) is 45.9 Å². The number of hydrogen-bond donors (Lipinski definition) is 3. The lowest BCUT2D eigenvalue weighted by atomic mass is 10.0. The number of carbonyl (C=O) groups excluding carboxylic acids is 3. The van der Waals surface area contributed by atoms with Crippen LogP contribution in [0.4, 0.5) is 21.6 Å². The SMILES string of the molecule is COc1ccc(N2CCOCC2)c2sc(NC(=O)C[C@H]3CC[C@@H](O)C3)nc12.COc1ccc(N2CCOCC2)c2sc(NC(=O)C[C@H]3CC[C@@H](OC(C)=O)C3)nc12. The predicted octanol–water partition coefficient (Wildman–Crippen LogP) is 5.83. The summed E-state index contributed by atoms with van der Waals surface area (Å²) in [5.74, 6) is 1.52. The van der Waals surface area contributed by atoms with Crippen LogP contribution in [0.25, 0.3) is 20.4 Å². The van der Waals surface area contributed by atoms with E-state index in [1.165, 1.54) is 29.6 Å². The van der Waals surface area contributed by atoms with Crippen LogP contribution in [0.1, 0.15) is 58.3 Å². The Morgan fingerprint density at radius 3 is 1.65 bits per heavy atom. The van der Waals surface area contributed by atoms with Crippen molar-refractivity contribution in [1.82, 2.24) is 9.97 Å². The minimum Gasteiger partial charge on any atom is -0.494 e. The van der Waals surface area contributed by atoms with Gasteiger partial charge in [-0.25, -0.2) is 9.97 Å². The Bertz CT molecular complexity index is 2030. The van der Waals surface area contributed by atoms with Gasteiger partial charge in [-0.3, -0.25) is 14.4 Å². The minimum absolute atomic E-state index is 0.0416. The van der Waals surface area contributed by atoms with Gasteiger partial charge in [0.25, 0.3) is 0 Å². The Morgan fingerprint density at radius 1 is 0.737 bits per heavy atom. The van der Waals surface area contributed by atoms with E-state index in [1.807, 2.05) is 18.2 Å². The first-order valence-corrected chi connectivity index (χ1v) is 21.4. The number of benzene rings is 2. The minimum atomic E-state index is -0.260. The first-order valence-electron chi connectivity index (χ1n) is 19.7. The molecular weight excluding hydrogens is 773 g/mol. The maximum Gasteiger partial charge on any atom is 0.302 e. The van der Waals surface area contributed by atoms with Crippen LogP contribution >= 0.6 is 22.7 Å². The fourth-order valence-electron chi connectivity index (χ4n) is 8.14. The van der Waals surface area contributed by atoms with Crippen molar-refractivity contribution in [1.29, 1.82) is 0 Å². The molecular formula is C40H52N6O9S2. The van der Waals surface area contributed by atoms with Gasteiger partial charge in [-0.15, -0.1) is 0 Å². The number of amides is 2. The Balaban J connectivity index is 0.000000175. The number of morpholine rings is 2. The van der Waals surface area contributed by atoms with Gasteiger partial charge in [0.2, 0.25) is 11.8 Å². The fourth-order valence-corrected chi connectivity index (χ4v) is 10.2. The van der Waals surface area contributed by atoms with Gasteiger partial charge in [-0.2, -0.15) is 0 Å². The van der Waals surface area contributed by atoms with Crippen molar-refractivity contribution in [2.45, 2.75) is 70.5 Å². The highest BCUT2D eigenvalue weighted by Gasteiger charge is 2.29. The molecule has 2 amide bonds. The van der Waals surface area contributed by atoms with E-state index < -0.39 is 0 Å². The Hall–Kier alpha value is -4.29. The third-order valence-electron chi connectivity index (χ3n) is 10.9. The van der Waals surface area contributed by atoms with E-state index >= 15 is 0 Å². The van der Waals surface area contributed by atoms with Crippen LogP contribution in [0, 0.1) is 11.8 Å². The lowest BCUT2D eigenvalue weighted by Crippen LogP contribution is -2.36. The van der Waals surface area contributed by atoms with Gasteiger partial charge in [0.1, 0.15) is 28.6 Å². The number of thiazole rings is 2. The number of fused-ring (bicyclic) bond motifs is 2. The zero-order valence-electron chi connectivity index (χ0n) is 32.8. The van der Waals surface area contributed by atoms with Crippen molar-refractivity contribution >= 4 is 82.5 Å². The first kappa shape index (κ1) is 40.9. The fraction of sp³-hybridized carbons (Fsp3) is 0.575. The highest BCUT2D eigenvalue weighted by Crippen LogP contribution is 2.41. The Kier molecular flexibility index (Phi) is 13.6. The van der Waals surface area contributed by atoms with Crippen LogP contribution in [-0.4, -0.2) is 112 Å². The topological polar surface area (TPSA) is 174 Å². The summed E-state index contributed by atoms with van der Waals surface area (Å²) < 4.78 is 29.2. The molecule has 4 aliphatic rings. The zero-order chi connectivity index (χ0) is 39.9. The van der Waals surface area contributed by atoms with Crippen LogP contribution in [-0.2, 0) is 28.6 Å². The maximum absolute atomic E-state index is 12.6. The molecule has 3 N–H and O–H groups in total. The van der Waals surface area contributed by atoms with E-state index in [2.05, 4.69) is 36.5 Å². The summed E-state index contributed by atoms with van der Waals surface area (Å²) in [7, 11) is 3.26. The molecule has 17 heteroatoms. The van der Waals surface area contributed by atoms with E-state index in [-0.39, 0.29) is 41.8 Å². The summed E-state index contributed by atoms with van der Waals surface area (Å²) >= 11 is 2.95. The smallest absolute Gasteiger partial charge is 0.302 e. The van der Waals surface area contributed by atoms with Gasteiger partial charge in [-0.05, 0) is 74.6 Å². The number of hydrogen-bond acceptors (Lipinski definition) is 15. The molecule has 4 fully saturated rings. The largest absolute Gasteiger partial charge is 0.494 e. The average molecular weight is 825 g/mol. The Labute approximate surface area is 340 Å². The number of aromatic nitrogens is 2. The molecule has 308 valence electrons. The summed E-state index contributed by atoms with van der Waals surface area (Å²) in [4.78, 5) is 50.0. The number of methoxy groups -OCH3 is 2. The first-order chi connectivity index (χ1) is 27.7. The number of aliphatic hydroxyl groups excluding tert-OH is 1. The Morgan fingerprint density at radius 2 is 1.21 bits per heavy atom. The summed E-state index contributed by atoms with van der Waals surface area (Å²) in [6.07, 6.45) is 5.36. The van der Waals surface area contributed by atoms with Gasteiger partial charge in [0.05, 0.1) is 67.5 Å². The molecule has 15 nitrogen and oxygen atoms in total. The summed E-state index contributed by atoms with van der Waals surface area (Å²) in [6.45, 7) is 7.57. The van der Waals surface area contributed by atoms with Gasteiger partial charge < -0.3 is 49.2 Å². The third kappa shape index (κ3) is 10.2.